The normalized spacial score (nSPS) is 14.0. The molecule has 0 unspecified atom stereocenters. The predicted molar refractivity (Wildman–Crippen MR) is 97.8 cm³/mol. The van der Waals surface area contributed by atoms with Crippen LogP contribution < -0.4 is 14.8 Å². The molecule has 1 aromatic heterocycles. The Bertz CT molecular complexity index is 1120. The minimum Gasteiger partial charge on any atom is -0.395 e. The van der Waals surface area contributed by atoms with Crippen LogP contribution in [0, 0.1) is 12.7 Å². The number of aryl methyl sites for hydroxylation is 1. The summed E-state index contributed by atoms with van der Waals surface area (Å²) in [6.45, 7) is 1.67. The zero-order chi connectivity index (χ0) is 20.8. The van der Waals surface area contributed by atoms with E-state index in [1.807, 2.05) is 0 Å². The summed E-state index contributed by atoms with van der Waals surface area (Å²) in [6.07, 6.45) is -1.20. The molecule has 0 saturated heterocycles. The Morgan fingerprint density at radius 3 is 2.52 bits per heavy atom. The Morgan fingerprint density at radius 1 is 1.10 bits per heavy atom. The molecule has 0 spiro atoms. The lowest BCUT2D eigenvalue weighted by Gasteiger charge is -2.08. The van der Waals surface area contributed by atoms with Gasteiger partial charge in [-0.3, -0.25) is 9.78 Å². The van der Waals surface area contributed by atoms with Crippen LogP contribution in [0.2, 0.25) is 5.02 Å². The van der Waals surface area contributed by atoms with Gasteiger partial charge in [-0.2, -0.15) is 0 Å². The zero-order valence-corrected chi connectivity index (χ0v) is 15.4. The second kappa shape index (κ2) is 6.93. The van der Waals surface area contributed by atoms with Gasteiger partial charge in [-0.25, -0.2) is 9.37 Å². The average molecular weight is 422 g/mol. The van der Waals surface area contributed by atoms with Crippen LogP contribution >= 0.6 is 11.6 Å². The van der Waals surface area contributed by atoms with E-state index in [0.717, 1.165) is 6.07 Å². The molecule has 2 heterocycles. The molecule has 6 nitrogen and oxygen atoms in total. The number of alkyl halides is 2. The topological polar surface area (TPSA) is 73.3 Å². The number of carbonyl (C=O) groups is 1. The third-order valence-electron chi connectivity index (χ3n) is 4.10. The van der Waals surface area contributed by atoms with Crippen molar-refractivity contribution < 1.29 is 27.4 Å². The fourth-order valence-electron chi connectivity index (χ4n) is 2.72. The van der Waals surface area contributed by atoms with Gasteiger partial charge in [0.2, 0.25) is 0 Å². The summed E-state index contributed by atoms with van der Waals surface area (Å²) in [5.41, 5.74) is 1.31. The van der Waals surface area contributed by atoms with E-state index in [0.29, 0.717) is 5.56 Å². The standard InChI is InChI=1S/C19H11ClF3N3O3/c1-9-2-3-10(21)4-11(9)18(27)26-17-8-24-14(7-25-17)12-5-15-16(6-13(12)20)29-19(22,23)28-15/h2-8H,1H3,(H,25,26,27). The first kappa shape index (κ1) is 19.0. The maximum Gasteiger partial charge on any atom is 0.586 e. The number of aromatic nitrogens is 2. The van der Waals surface area contributed by atoms with Crippen LogP contribution in [-0.2, 0) is 0 Å². The first-order chi connectivity index (χ1) is 13.7. The van der Waals surface area contributed by atoms with Crippen molar-refractivity contribution in [3.63, 3.8) is 0 Å². The largest absolute Gasteiger partial charge is 0.586 e. The van der Waals surface area contributed by atoms with Crippen LogP contribution in [0.3, 0.4) is 0 Å². The second-order valence-corrected chi connectivity index (χ2v) is 6.55. The van der Waals surface area contributed by atoms with Crippen molar-refractivity contribution in [1.29, 1.82) is 0 Å². The molecular weight excluding hydrogens is 411 g/mol. The van der Waals surface area contributed by atoms with Gasteiger partial charge in [-0.05, 0) is 30.7 Å². The fraction of sp³-hybridized carbons (Fsp3) is 0.105. The van der Waals surface area contributed by atoms with Crippen LogP contribution in [0.15, 0.2) is 42.7 Å². The van der Waals surface area contributed by atoms with E-state index in [1.54, 1.807) is 6.92 Å². The number of nitrogens with zero attached hydrogens (tertiary/aromatic N) is 2. The highest BCUT2D eigenvalue weighted by molar-refractivity contribution is 6.33. The molecular formula is C19H11ClF3N3O3. The highest BCUT2D eigenvalue weighted by Gasteiger charge is 2.43. The number of ether oxygens (including phenoxy) is 2. The fourth-order valence-corrected chi connectivity index (χ4v) is 2.97. The molecule has 29 heavy (non-hydrogen) atoms. The number of fused-ring (bicyclic) bond motifs is 1. The molecule has 0 radical (unpaired) electrons. The highest BCUT2D eigenvalue weighted by atomic mass is 35.5. The molecule has 148 valence electrons. The minimum absolute atomic E-state index is 0.103. The van der Waals surface area contributed by atoms with Gasteiger partial charge < -0.3 is 14.8 Å². The van der Waals surface area contributed by atoms with Gasteiger partial charge in [0.15, 0.2) is 17.3 Å². The minimum atomic E-state index is -3.76. The molecule has 2 aromatic carbocycles. The number of rotatable bonds is 3. The van der Waals surface area contributed by atoms with Gasteiger partial charge in [0, 0.05) is 17.2 Å². The Labute approximate surface area is 167 Å². The van der Waals surface area contributed by atoms with E-state index in [9.17, 15) is 18.0 Å². The lowest BCUT2D eigenvalue weighted by Crippen LogP contribution is -2.25. The van der Waals surface area contributed by atoms with Crippen molar-refractivity contribution in [1.82, 2.24) is 9.97 Å². The predicted octanol–water partition coefficient (Wildman–Crippen LogP) is 4.82. The average Bonchev–Trinajstić information content (AvgIpc) is 2.96. The van der Waals surface area contributed by atoms with E-state index >= 15 is 0 Å². The Balaban J connectivity index is 1.56. The number of benzene rings is 2. The van der Waals surface area contributed by atoms with Crippen LogP contribution in [0.1, 0.15) is 15.9 Å². The summed E-state index contributed by atoms with van der Waals surface area (Å²) >= 11 is 6.12. The number of nitrogens with one attached hydrogen (secondary N) is 1. The number of carbonyl (C=O) groups excluding carboxylic acids is 1. The number of hydrogen-bond acceptors (Lipinski definition) is 5. The summed E-state index contributed by atoms with van der Waals surface area (Å²) in [5.74, 6) is -1.34. The molecule has 0 bridgehead atoms. The van der Waals surface area contributed by atoms with Crippen LogP contribution in [-0.4, -0.2) is 22.2 Å². The second-order valence-electron chi connectivity index (χ2n) is 6.15. The van der Waals surface area contributed by atoms with Gasteiger partial charge in [-0.15, -0.1) is 8.78 Å². The first-order valence-corrected chi connectivity index (χ1v) is 8.59. The van der Waals surface area contributed by atoms with E-state index in [1.165, 1.54) is 36.7 Å². The highest BCUT2D eigenvalue weighted by Crippen LogP contribution is 2.45. The lowest BCUT2D eigenvalue weighted by molar-refractivity contribution is -0.286. The van der Waals surface area contributed by atoms with Gasteiger partial charge in [0.05, 0.1) is 23.1 Å². The molecule has 0 aliphatic carbocycles. The van der Waals surface area contributed by atoms with Crippen molar-refractivity contribution in [3.05, 3.63) is 64.7 Å². The summed E-state index contributed by atoms with van der Waals surface area (Å²) in [7, 11) is 0. The number of anilines is 1. The van der Waals surface area contributed by atoms with Crippen molar-refractivity contribution in [2.75, 3.05) is 5.32 Å². The first-order valence-electron chi connectivity index (χ1n) is 8.21. The number of halogens is 4. The van der Waals surface area contributed by atoms with E-state index in [-0.39, 0.29) is 39.2 Å². The molecule has 10 heteroatoms. The Hall–Kier alpha value is -3.33. The van der Waals surface area contributed by atoms with Crippen molar-refractivity contribution >= 4 is 23.3 Å². The molecule has 0 atom stereocenters. The smallest absolute Gasteiger partial charge is 0.395 e. The monoisotopic (exact) mass is 421 g/mol. The lowest BCUT2D eigenvalue weighted by atomic mass is 10.1. The maximum atomic E-state index is 13.4. The maximum absolute atomic E-state index is 13.4. The third-order valence-corrected chi connectivity index (χ3v) is 4.42. The van der Waals surface area contributed by atoms with E-state index in [4.69, 9.17) is 11.6 Å². The van der Waals surface area contributed by atoms with Crippen LogP contribution in [0.25, 0.3) is 11.3 Å². The summed E-state index contributed by atoms with van der Waals surface area (Å²) < 4.78 is 48.5. The summed E-state index contributed by atoms with van der Waals surface area (Å²) in [6, 6.07) is 6.32. The van der Waals surface area contributed by atoms with Crippen molar-refractivity contribution in [2.45, 2.75) is 13.2 Å². The molecule has 1 aliphatic rings. The van der Waals surface area contributed by atoms with Gasteiger partial charge in [0.25, 0.3) is 5.91 Å². The third kappa shape index (κ3) is 3.81. The van der Waals surface area contributed by atoms with E-state index < -0.39 is 18.0 Å². The van der Waals surface area contributed by atoms with Crippen molar-refractivity contribution in [2.24, 2.45) is 0 Å². The SMILES string of the molecule is Cc1ccc(F)cc1C(=O)Nc1cnc(-c2cc3c(cc2Cl)OC(F)(F)O3)cn1. The molecule has 0 saturated carbocycles. The van der Waals surface area contributed by atoms with Crippen LogP contribution in [0.4, 0.5) is 19.0 Å². The van der Waals surface area contributed by atoms with Gasteiger partial charge in [0.1, 0.15) is 5.82 Å². The Morgan fingerprint density at radius 2 is 1.83 bits per heavy atom. The molecule has 1 amide bonds. The molecule has 0 fully saturated rings. The van der Waals surface area contributed by atoms with Crippen LogP contribution in [0.5, 0.6) is 11.5 Å². The van der Waals surface area contributed by atoms with Gasteiger partial charge >= 0.3 is 6.29 Å². The molecule has 4 rings (SSSR count). The van der Waals surface area contributed by atoms with Gasteiger partial charge in [-0.1, -0.05) is 17.7 Å². The molecule has 3 aromatic rings. The zero-order valence-electron chi connectivity index (χ0n) is 14.7. The molecule has 1 aliphatic heterocycles. The Kier molecular flexibility index (Phi) is 4.54. The van der Waals surface area contributed by atoms with Crippen molar-refractivity contribution in [3.8, 4) is 22.8 Å². The number of amides is 1. The summed E-state index contributed by atoms with van der Waals surface area (Å²) in [5, 5.41) is 2.62. The summed E-state index contributed by atoms with van der Waals surface area (Å²) in [4.78, 5) is 20.5. The number of hydrogen-bond donors (Lipinski definition) is 1. The van der Waals surface area contributed by atoms with E-state index in [2.05, 4.69) is 24.8 Å². The molecule has 1 N–H and O–H groups in total. The quantitative estimate of drug-likeness (QED) is 0.656.